The number of hydrogen-bond donors (Lipinski definition) is 0. The topological polar surface area (TPSA) is 26.3 Å². The first-order valence-corrected chi connectivity index (χ1v) is 7.86. The standard InChI is InChI=1S/C16H32O2/c1-4-6-8-9-11-13-16(17)18-14-15(3)12-10-7-5-2/h15H,4-14H2,1-3H3. The smallest absolute Gasteiger partial charge is 0.305 e. The molecule has 0 amide bonds. The van der Waals surface area contributed by atoms with Gasteiger partial charge in [0.05, 0.1) is 6.61 Å². The molecule has 2 nitrogen and oxygen atoms in total. The summed E-state index contributed by atoms with van der Waals surface area (Å²) in [6.07, 6.45) is 11.5. The molecular weight excluding hydrogens is 224 g/mol. The van der Waals surface area contributed by atoms with Gasteiger partial charge in [0, 0.05) is 6.42 Å². The molecule has 0 radical (unpaired) electrons. The van der Waals surface area contributed by atoms with Gasteiger partial charge in [-0.1, -0.05) is 65.7 Å². The second-order valence-electron chi connectivity index (χ2n) is 5.45. The molecule has 18 heavy (non-hydrogen) atoms. The Bertz CT molecular complexity index is 190. The monoisotopic (exact) mass is 256 g/mol. The Morgan fingerprint density at radius 2 is 1.56 bits per heavy atom. The van der Waals surface area contributed by atoms with E-state index < -0.39 is 0 Å². The average molecular weight is 256 g/mol. The predicted octanol–water partition coefficient (Wildman–Crippen LogP) is 5.11. The summed E-state index contributed by atoms with van der Waals surface area (Å²) < 4.78 is 5.30. The van der Waals surface area contributed by atoms with Gasteiger partial charge in [-0.25, -0.2) is 0 Å². The molecule has 0 fully saturated rings. The molecule has 0 aliphatic heterocycles. The fourth-order valence-electron chi connectivity index (χ4n) is 2.01. The lowest BCUT2D eigenvalue weighted by atomic mass is 10.0. The van der Waals surface area contributed by atoms with E-state index in [1.807, 2.05) is 0 Å². The fraction of sp³-hybridized carbons (Fsp3) is 0.938. The Labute approximate surface area is 113 Å². The minimum atomic E-state index is -0.00570. The average Bonchev–Trinajstić information content (AvgIpc) is 2.36. The van der Waals surface area contributed by atoms with Gasteiger partial charge in [0.15, 0.2) is 0 Å². The van der Waals surface area contributed by atoms with E-state index in [9.17, 15) is 4.79 Å². The molecule has 0 saturated heterocycles. The molecule has 1 unspecified atom stereocenters. The minimum absolute atomic E-state index is 0.00570. The van der Waals surface area contributed by atoms with E-state index in [4.69, 9.17) is 4.74 Å². The summed E-state index contributed by atoms with van der Waals surface area (Å²) in [5.74, 6) is 0.509. The lowest BCUT2D eigenvalue weighted by molar-refractivity contribution is -0.145. The third-order valence-electron chi connectivity index (χ3n) is 3.31. The van der Waals surface area contributed by atoms with Gasteiger partial charge in [-0.2, -0.15) is 0 Å². The van der Waals surface area contributed by atoms with Crippen LogP contribution in [0.1, 0.15) is 85.0 Å². The Morgan fingerprint density at radius 1 is 0.944 bits per heavy atom. The quantitative estimate of drug-likeness (QED) is 0.358. The van der Waals surface area contributed by atoms with E-state index >= 15 is 0 Å². The summed E-state index contributed by atoms with van der Waals surface area (Å²) >= 11 is 0. The zero-order valence-electron chi connectivity index (χ0n) is 12.7. The Morgan fingerprint density at radius 3 is 2.22 bits per heavy atom. The van der Waals surface area contributed by atoms with E-state index in [1.54, 1.807) is 0 Å². The van der Waals surface area contributed by atoms with Crippen LogP contribution in [0.4, 0.5) is 0 Å². The third kappa shape index (κ3) is 11.9. The van der Waals surface area contributed by atoms with Crippen LogP contribution in [0.25, 0.3) is 0 Å². The molecule has 0 saturated carbocycles. The van der Waals surface area contributed by atoms with Crippen molar-refractivity contribution in [3.63, 3.8) is 0 Å². The highest BCUT2D eigenvalue weighted by Crippen LogP contribution is 2.11. The highest BCUT2D eigenvalue weighted by Gasteiger charge is 2.07. The van der Waals surface area contributed by atoms with Gasteiger partial charge in [0.1, 0.15) is 0 Å². The summed E-state index contributed by atoms with van der Waals surface area (Å²) in [6, 6.07) is 0. The van der Waals surface area contributed by atoms with Crippen molar-refractivity contribution in [3.05, 3.63) is 0 Å². The van der Waals surface area contributed by atoms with Crippen molar-refractivity contribution in [2.75, 3.05) is 6.61 Å². The van der Waals surface area contributed by atoms with Crippen molar-refractivity contribution >= 4 is 5.97 Å². The Hall–Kier alpha value is -0.530. The molecule has 0 heterocycles. The molecule has 108 valence electrons. The second kappa shape index (κ2) is 12.9. The first-order valence-electron chi connectivity index (χ1n) is 7.86. The van der Waals surface area contributed by atoms with Crippen molar-refractivity contribution in [1.29, 1.82) is 0 Å². The van der Waals surface area contributed by atoms with Gasteiger partial charge < -0.3 is 4.74 Å². The van der Waals surface area contributed by atoms with Crippen LogP contribution in [0.15, 0.2) is 0 Å². The summed E-state index contributed by atoms with van der Waals surface area (Å²) in [5.41, 5.74) is 0. The molecule has 0 aromatic heterocycles. The van der Waals surface area contributed by atoms with Gasteiger partial charge in [-0.3, -0.25) is 4.79 Å². The maximum Gasteiger partial charge on any atom is 0.305 e. The van der Waals surface area contributed by atoms with Crippen LogP contribution in [-0.2, 0) is 9.53 Å². The van der Waals surface area contributed by atoms with Gasteiger partial charge in [-0.15, -0.1) is 0 Å². The Kier molecular flexibility index (Phi) is 12.5. The number of ether oxygens (including phenoxy) is 1. The third-order valence-corrected chi connectivity index (χ3v) is 3.31. The molecule has 0 rings (SSSR count). The summed E-state index contributed by atoms with van der Waals surface area (Å²) in [7, 11) is 0. The normalized spacial score (nSPS) is 12.4. The van der Waals surface area contributed by atoms with Crippen molar-refractivity contribution in [3.8, 4) is 0 Å². The number of carbonyl (C=O) groups excluding carboxylic acids is 1. The van der Waals surface area contributed by atoms with Crippen LogP contribution in [-0.4, -0.2) is 12.6 Å². The second-order valence-corrected chi connectivity index (χ2v) is 5.45. The lowest BCUT2D eigenvalue weighted by Gasteiger charge is -2.11. The van der Waals surface area contributed by atoms with Crippen LogP contribution in [0.5, 0.6) is 0 Å². The van der Waals surface area contributed by atoms with E-state index in [2.05, 4.69) is 20.8 Å². The van der Waals surface area contributed by atoms with Gasteiger partial charge in [-0.05, 0) is 18.8 Å². The maximum atomic E-state index is 11.5. The molecule has 0 aromatic rings. The number of hydrogen-bond acceptors (Lipinski definition) is 2. The zero-order valence-corrected chi connectivity index (χ0v) is 12.7. The lowest BCUT2D eigenvalue weighted by Crippen LogP contribution is -2.11. The molecule has 1 atom stereocenters. The van der Waals surface area contributed by atoms with E-state index in [-0.39, 0.29) is 5.97 Å². The van der Waals surface area contributed by atoms with E-state index in [0.29, 0.717) is 18.9 Å². The van der Waals surface area contributed by atoms with Crippen LogP contribution < -0.4 is 0 Å². The number of unbranched alkanes of at least 4 members (excludes halogenated alkanes) is 6. The van der Waals surface area contributed by atoms with Crippen LogP contribution in [0.3, 0.4) is 0 Å². The molecule has 0 aromatic carbocycles. The molecule has 0 spiro atoms. The maximum absolute atomic E-state index is 11.5. The minimum Gasteiger partial charge on any atom is -0.465 e. The number of carbonyl (C=O) groups is 1. The van der Waals surface area contributed by atoms with Crippen LogP contribution >= 0.6 is 0 Å². The van der Waals surface area contributed by atoms with Crippen molar-refractivity contribution < 1.29 is 9.53 Å². The molecule has 0 bridgehead atoms. The largest absolute Gasteiger partial charge is 0.465 e. The molecular formula is C16H32O2. The summed E-state index contributed by atoms with van der Waals surface area (Å²) in [6.45, 7) is 7.19. The zero-order chi connectivity index (χ0) is 13.6. The summed E-state index contributed by atoms with van der Waals surface area (Å²) in [5, 5.41) is 0. The van der Waals surface area contributed by atoms with Crippen molar-refractivity contribution in [1.82, 2.24) is 0 Å². The fourth-order valence-corrected chi connectivity index (χ4v) is 2.01. The highest BCUT2D eigenvalue weighted by atomic mass is 16.5. The van der Waals surface area contributed by atoms with Crippen molar-refractivity contribution in [2.45, 2.75) is 85.0 Å². The van der Waals surface area contributed by atoms with Crippen molar-refractivity contribution in [2.24, 2.45) is 5.92 Å². The SMILES string of the molecule is CCCCCCCC(=O)OCC(C)CCCCC. The number of rotatable bonds is 12. The first kappa shape index (κ1) is 17.5. The van der Waals surface area contributed by atoms with E-state index in [0.717, 1.165) is 12.8 Å². The van der Waals surface area contributed by atoms with Crippen LogP contribution in [0.2, 0.25) is 0 Å². The highest BCUT2D eigenvalue weighted by molar-refractivity contribution is 5.69. The predicted molar refractivity (Wildman–Crippen MR) is 77.6 cm³/mol. The molecule has 0 N–H and O–H groups in total. The van der Waals surface area contributed by atoms with Gasteiger partial charge in [0.25, 0.3) is 0 Å². The van der Waals surface area contributed by atoms with Gasteiger partial charge in [0.2, 0.25) is 0 Å². The molecule has 0 aliphatic rings. The Balaban J connectivity index is 3.34. The van der Waals surface area contributed by atoms with Gasteiger partial charge >= 0.3 is 5.97 Å². The van der Waals surface area contributed by atoms with Crippen LogP contribution in [0, 0.1) is 5.92 Å². The molecule has 0 aliphatic carbocycles. The summed E-state index contributed by atoms with van der Waals surface area (Å²) in [4.78, 5) is 11.5. The first-order chi connectivity index (χ1) is 8.70. The molecule has 2 heteroatoms. The van der Waals surface area contributed by atoms with E-state index in [1.165, 1.54) is 44.9 Å². The number of esters is 1.